The van der Waals surface area contributed by atoms with E-state index in [1.165, 1.54) is 19.3 Å². The van der Waals surface area contributed by atoms with Crippen LogP contribution < -0.4 is 0 Å². The molecule has 61 valence electrons. The summed E-state index contributed by atoms with van der Waals surface area (Å²) in [5.74, 6) is 0. The van der Waals surface area contributed by atoms with Crippen molar-refractivity contribution >= 4 is 0 Å². The maximum atomic E-state index is 2.34. The van der Waals surface area contributed by atoms with Gasteiger partial charge in [-0.2, -0.15) is 0 Å². The van der Waals surface area contributed by atoms with Gasteiger partial charge in [0, 0.05) is 0 Å². The van der Waals surface area contributed by atoms with Crippen molar-refractivity contribution < 1.29 is 21.8 Å². The molecule has 0 aliphatic heterocycles. The van der Waals surface area contributed by atoms with Crippen molar-refractivity contribution in [3.63, 3.8) is 0 Å². The quantitative estimate of drug-likeness (QED) is 0.632. The van der Waals surface area contributed by atoms with E-state index in [2.05, 4.69) is 20.8 Å². The summed E-state index contributed by atoms with van der Waals surface area (Å²) >= 11 is -0.759. The molecule has 0 unspecified atom stereocenters. The van der Waals surface area contributed by atoms with Crippen LogP contribution in [0.3, 0.4) is 0 Å². The van der Waals surface area contributed by atoms with E-state index in [4.69, 9.17) is 0 Å². The van der Waals surface area contributed by atoms with Gasteiger partial charge >= 0.3 is 74.2 Å². The number of rotatable bonds is 6. The molecule has 0 aliphatic rings. The van der Waals surface area contributed by atoms with Gasteiger partial charge in [-0.3, -0.25) is 0 Å². The van der Waals surface area contributed by atoms with Crippen LogP contribution >= 0.6 is 0 Å². The van der Waals surface area contributed by atoms with Gasteiger partial charge in [0.1, 0.15) is 0 Å². The van der Waals surface area contributed by atoms with Crippen LogP contribution in [0.15, 0.2) is 0 Å². The van der Waals surface area contributed by atoms with Crippen molar-refractivity contribution in [3.8, 4) is 0 Å². The minimum atomic E-state index is -0.759. The summed E-state index contributed by atoms with van der Waals surface area (Å²) in [4.78, 5) is 0. The molecule has 1 heteroatoms. The van der Waals surface area contributed by atoms with Gasteiger partial charge in [-0.1, -0.05) is 0 Å². The molecule has 0 fully saturated rings. The fourth-order valence-electron chi connectivity index (χ4n) is 1.44. The van der Waals surface area contributed by atoms with Crippen molar-refractivity contribution in [2.45, 2.75) is 52.4 Å². The summed E-state index contributed by atoms with van der Waals surface area (Å²) in [6, 6.07) is 0. The molecule has 0 spiro atoms. The van der Waals surface area contributed by atoms with Crippen LogP contribution in [0.5, 0.6) is 0 Å². The van der Waals surface area contributed by atoms with Crippen LogP contribution in [0.2, 0.25) is 12.4 Å². The number of hydrogen-bond donors (Lipinski definition) is 0. The molecule has 0 nitrogen and oxygen atoms in total. The van der Waals surface area contributed by atoms with E-state index in [0.29, 0.717) is 0 Å². The van der Waals surface area contributed by atoms with E-state index >= 15 is 0 Å². The normalized spacial score (nSPS) is 9.90. The molecule has 0 amide bonds. The van der Waals surface area contributed by atoms with E-state index in [-0.39, 0.29) is 0 Å². The van der Waals surface area contributed by atoms with Crippen LogP contribution in [0.25, 0.3) is 0 Å². The number of hydrogen-bond acceptors (Lipinski definition) is 0. The zero-order valence-corrected chi connectivity index (χ0v) is 10.2. The average Bonchev–Trinajstić information content (AvgIpc) is 1.90. The van der Waals surface area contributed by atoms with Crippen molar-refractivity contribution in [1.82, 2.24) is 0 Å². The van der Waals surface area contributed by atoms with E-state index in [0.717, 1.165) is 0 Å². The second-order valence-corrected chi connectivity index (χ2v) is 10.4. The summed E-state index contributed by atoms with van der Waals surface area (Å²) in [6.45, 7) is 7.02. The Hall–Kier alpha value is 0.883. The first kappa shape index (κ1) is 10.9. The molecule has 0 saturated carbocycles. The van der Waals surface area contributed by atoms with Gasteiger partial charge in [-0.05, 0) is 0 Å². The Morgan fingerprint density at radius 3 is 1.20 bits per heavy atom. The van der Waals surface area contributed by atoms with Crippen LogP contribution in [-0.4, -0.2) is 0 Å². The van der Waals surface area contributed by atoms with Gasteiger partial charge in [0.25, 0.3) is 0 Å². The van der Waals surface area contributed by atoms with Gasteiger partial charge in [0.2, 0.25) is 0 Å². The topological polar surface area (TPSA) is 0 Å². The van der Waals surface area contributed by atoms with Crippen LogP contribution in [0.1, 0.15) is 40.0 Å². The van der Waals surface area contributed by atoms with Gasteiger partial charge in [0.05, 0.1) is 0 Å². The molecule has 0 bridgehead atoms. The first-order valence-corrected chi connectivity index (χ1v) is 9.90. The third-order valence-corrected chi connectivity index (χ3v) is 10.7. The maximum absolute atomic E-state index is 2.34. The molecule has 0 atom stereocenters. The Morgan fingerprint density at radius 1 is 0.700 bits per heavy atom. The zero-order chi connectivity index (χ0) is 7.82. The predicted molar refractivity (Wildman–Crippen MR) is 45.3 cm³/mol. The Balaban J connectivity index is 3.30. The Labute approximate surface area is 74.1 Å². The molecular formula is C9H21Zr. The van der Waals surface area contributed by atoms with Crippen LogP contribution in [-0.2, 0) is 21.8 Å². The van der Waals surface area contributed by atoms with E-state index in [1.54, 1.807) is 12.4 Å². The van der Waals surface area contributed by atoms with Crippen molar-refractivity contribution in [2.75, 3.05) is 0 Å². The standard InChI is InChI=1S/3C3H7.Zr/c3*1-3-2;/h3*1,3H2,2H3;. The van der Waals surface area contributed by atoms with Gasteiger partial charge in [-0.25, -0.2) is 0 Å². The minimum absolute atomic E-state index is 0.759. The molecule has 0 N–H and O–H groups in total. The summed E-state index contributed by atoms with van der Waals surface area (Å²) < 4.78 is 4.93. The van der Waals surface area contributed by atoms with Gasteiger partial charge in [-0.15, -0.1) is 0 Å². The molecule has 0 aromatic heterocycles. The molecule has 10 heavy (non-hydrogen) atoms. The fraction of sp³-hybridized carbons (Fsp3) is 1.00. The van der Waals surface area contributed by atoms with Crippen molar-refractivity contribution in [2.24, 2.45) is 0 Å². The molecule has 0 radical (unpaired) electrons. The predicted octanol–water partition coefficient (Wildman–Crippen LogP) is 4.09. The van der Waals surface area contributed by atoms with E-state index < -0.39 is 21.8 Å². The first-order valence-electron chi connectivity index (χ1n) is 4.68. The van der Waals surface area contributed by atoms with Crippen LogP contribution in [0.4, 0.5) is 0 Å². The zero-order valence-electron chi connectivity index (χ0n) is 7.74. The third-order valence-electron chi connectivity index (χ3n) is 1.81. The molecule has 0 heterocycles. The van der Waals surface area contributed by atoms with Gasteiger partial charge in [0.15, 0.2) is 0 Å². The van der Waals surface area contributed by atoms with Crippen LogP contribution in [0, 0.1) is 0 Å². The van der Waals surface area contributed by atoms with E-state index in [1.807, 2.05) is 0 Å². The summed E-state index contributed by atoms with van der Waals surface area (Å²) in [7, 11) is 0. The molecule has 0 rings (SSSR count). The van der Waals surface area contributed by atoms with E-state index in [9.17, 15) is 0 Å². The van der Waals surface area contributed by atoms with Crippen molar-refractivity contribution in [3.05, 3.63) is 0 Å². The summed E-state index contributed by atoms with van der Waals surface area (Å²) in [6.07, 6.45) is 4.36. The Morgan fingerprint density at radius 2 is 1.00 bits per heavy atom. The fourth-order valence-corrected chi connectivity index (χ4v) is 8.49. The molecule has 0 aromatic rings. The van der Waals surface area contributed by atoms with Crippen molar-refractivity contribution in [1.29, 1.82) is 0 Å². The second kappa shape index (κ2) is 7.98. The monoisotopic (exact) mass is 219 g/mol. The molecular weight excluding hydrogens is 199 g/mol. The first-order chi connectivity index (χ1) is 4.85. The Bertz CT molecular complexity index is 47.5. The molecule has 0 aliphatic carbocycles. The van der Waals surface area contributed by atoms with Gasteiger partial charge < -0.3 is 0 Å². The summed E-state index contributed by atoms with van der Waals surface area (Å²) in [5.41, 5.74) is 0. The Kier molecular flexibility index (Phi) is 8.69. The molecule has 0 aromatic carbocycles. The summed E-state index contributed by atoms with van der Waals surface area (Å²) in [5, 5.41) is 0. The SMILES string of the molecule is CC[CH2][Zr]([CH2]CC)[CH2]CC. The second-order valence-electron chi connectivity index (χ2n) is 3.00. The molecule has 0 saturated heterocycles. The average molecular weight is 220 g/mol. The third kappa shape index (κ3) is 5.65.